The summed E-state index contributed by atoms with van der Waals surface area (Å²) in [5, 5.41) is 11.8. The van der Waals surface area contributed by atoms with Gasteiger partial charge in [0.05, 0.1) is 11.3 Å². The van der Waals surface area contributed by atoms with E-state index < -0.39 is 0 Å². The van der Waals surface area contributed by atoms with E-state index in [1.165, 1.54) is 0 Å². The third kappa shape index (κ3) is 5.97. The van der Waals surface area contributed by atoms with Crippen LogP contribution in [0.2, 0.25) is 0 Å². The molecule has 0 aromatic heterocycles. The zero-order valence-corrected chi connectivity index (χ0v) is 13.4. The van der Waals surface area contributed by atoms with Crippen LogP contribution >= 0.6 is 0 Å². The van der Waals surface area contributed by atoms with Crippen LogP contribution < -0.4 is 5.32 Å². The second-order valence-corrected chi connectivity index (χ2v) is 5.94. The van der Waals surface area contributed by atoms with Gasteiger partial charge in [-0.3, -0.25) is 4.79 Å². The molecule has 1 N–H and O–H groups in total. The van der Waals surface area contributed by atoms with Gasteiger partial charge in [-0.05, 0) is 31.9 Å². The van der Waals surface area contributed by atoms with Crippen molar-refractivity contribution in [1.29, 1.82) is 5.26 Å². The lowest BCUT2D eigenvalue weighted by Crippen LogP contribution is -2.36. The first-order valence-electron chi connectivity index (χ1n) is 7.47. The molecule has 1 aromatic carbocycles. The van der Waals surface area contributed by atoms with Crippen LogP contribution in [-0.4, -0.2) is 29.9 Å². The number of benzene rings is 1. The first-order chi connectivity index (χ1) is 9.93. The fourth-order valence-electron chi connectivity index (χ4n) is 2.18. The number of hydrogen-bond acceptors (Lipinski definition) is 3. The molecule has 114 valence electrons. The predicted molar refractivity (Wildman–Crippen MR) is 86.0 cm³/mol. The number of carbonyl (C=O) groups excluding carboxylic acids is 1. The van der Waals surface area contributed by atoms with E-state index in [9.17, 15) is 4.79 Å². The van der Waals surface area contributed by atoms with E-state index in [2.05, 4.69) is 44.0 Å². The van der Waals surface area contributed by atoms with E-state index in [-0.39, 0.29) is 5.91 Å². The van der Waals surface area contributed by atoms with Gasteiger partial charge in [0.1, 0.15) is 6.07 Å². The minimum atomic E-state index is -0.0490. The van der Waals surface area contributed by atoms with Crippen molar-refractivity contribution in [3.8, 4) is 6.07 Å². The number of rotatable bonds is 7. The largest absolute Gasteiger partial charge is 0.325 e. The van der Waals surface area contributed by atoms with Gasteiger partial charge in [-0.15, -0.1) is 0 Å². The number of para-hydroxylation sites is 1. The highest BCUT2D eigenvalue weighted by molar-refractivity contribution is 5.92. The molecule has 4 nitrogen and oxygen atoms in total. The number of nitrogens with zero attached hydrogens (tertiary/aromatic N) is 2. The number of anilines is 1. The molecule has 0 radical (unpaired) electrons. The van der Waals surface area contributed by atoms with Gasteiger partial charge in [0, 0.05) is 25.6 Å². The topological polar surface area (TPSA) is 56.1 Å². The molecule has 0 aliphatic rings. The maximum Gasteiger partial charge on any atom is 0.225 e. The Morgan fingerprint density at radius 2 is 1.95 bits per heavy atom. The summed E-state index contributed by atoms with van der Waals surface area (Å²) >= 11 is 0. The molecule has 0 saturated heterocycles. The number of nitrogens with one attached hydrogen (secondary N) is 1. The molecule has 0 unspecified atom stereocenters. The minimum Gasteiger partial charge on any atom is -0.325 e. The summed E-state index contributed by atoms with van der Waals surface area (Å²) in [7, 11) is 0. The molecule has 0 atom stereocenters. The third-order valence-electron chi connectivity index (χ3n) is 3.28. The van der Waals surface area contributed by atoms with E-state index in [1.807, 2.05) is 6.07 Å². The number of nitriles is 1. The van der Waals surface area contributed by atoms with E-state index in [0.29, 0.717) is 29.6 Å². The molecule has 1 aromatic rings. The molecule has 0 aliphatic heterocycles. The molecule has 0 saturated carbocycles. The van der Waals surface area contributed by atoms with Gasteiger partial charge in [-0.2, -0.15) is 5.26 Å². The van der Waals surface area contributed by atoms with Crippen LogP contribution in [0.1, 0.15) is 39.7 Å². The summed E-state index contributed by atoms with van der Waals surface area (Å²) in [5.41, 5.74) is 1.08. The molecular weight excluding hydrogens is 262 g/mol. The highest BCUT2D eigenvalue weighted by Crippen LogP contribution is 2.14. The first-order valence-corrected chi connectivity index (χ1v) is 7.47. The van der Waals surface area contributed by atoms with Crippen LogP contribution in [0.15, 0.2) is 24.3 Å². The summed E-state index contributed by atoms with van der Waals surface area (Å²) in [4.78, 5) is 14.4. The Bertz CT molecular complexity index is 503. The van der Waals surface area contributed by atoms with Gasteiger partial charge >= 0.3 is 0 Å². The van der Waals surface area contributed by atoms with Gasteiger partial charge in [-0.25, -0.2) is 0 Å². The average molecular weight is 287 g/mol. The van der Waals surface area contributed by atoms with Gasteiger partial charge in [0.15, 0.2) is 0 Å². The number of carbonyl (C=O) groups is 1. The van der Waals surface area contributed by atoms with Crippen molar-refractivity contribution < 1.29 is 4.79 Å². The highest BCUT2D eigenvalue weighted by Gasteiger charge is 2.13. The monoisotopic (exact) mass is 287 g/mol. The average Bonchev–Trinajstić information content (AvgIpc) is 2.43. The number of amides is 1. The SMILES string of the molecule is CC(C)CN(CCC(=O)Nc1ccccc1C#N)C(C)C. The van der Waals surface area contributed by atoms with Crippen molar-refractivity contribution >= 4 is 11.6 Å². The molecule has 4 heteroatoms. The normalized spacial score (nSPS) is 11.0. The lowest BCUT2D eigenvalue weighted by atomic mass is 10.1. The molecule has 21 heavy (non-hydrogen) atoms. The van der Waals surface area contributed by atoms with Gasteiger partial charge in [0.2, 0.25) is 5.91 Å². The maximum absolute atomic E-state index is 12.0. The lowest BCUT2D eigenvalue weighted by molar-refractivity contribution is -0.116. The van der Waals surface area contributed by atoms with Crippen LogP contribution in [0.4, 0.5) is 5.69 Å². The minimum absolute atomic E-state index is 0.0490. The summed E-state index contributed by atoms with van der Waals surface area (Å²) < 4.78 is 0. The summed E-state index contributed by atoms with van der Waals surface area (Å²) in [6.45, 7) is 10.4. The predicted octanol–water partition coefficient (Wildman–Crippen LogP) is 3.25. The van der Waals surface area contributed by atoms with Crippen LogP contribution in [0, 0.1) is 17.2 Å². The Morgan fingerprint density at radius 1 is 1.29 bits per heavy atom. The highest BCUT2D eigenvalue weighted by atomic mass is 16.1. The zero-order chi connectivity index (χ0) is 15.8. The van der Waals surface area contributed by atoms with Gasteiger partial charge in [0.25, 0.3) is 0 Å². The summed E-state index contributed by atoms with van der Waals surface area (Å²) in [6, 6.07) is 9.57. The molecular formula is C17H25N3O. The molecule has 0 aliphatic carbocycles. The zero-order valence-electron chi connectivity index (χ0n) is 13.4. The quantitative estimate of drug-likeness (QED) is 0.837. The fraction of sp³-hybridized carbons (Fsp3) is 0.529. The Morgan fingerprint density at radius 3 is 2.52 bits per heavy atom. The van der Waals surface area contributed by atoms with Crippen LogP contribution in [-0.2, 0) is 4.79 Å². The maximum atomic E-state index is 12.0. The van der Waals surface area contributed by atoms with Crippen LogP contribution in [0.5, 0.6) is 0 Å². The number of hydrogen-bond donors (Lipinski definition) is 1. The summed E-state index contributed by atoms with van der Waals surface area (Å²) in [5.74, 6) is 0.530. The smallest absolute Gasteiger partial charge is 0.225 e. The third-order valence-corrected chi connectivity index (χ3v) is 3.28. The Kier molecular flexibility index (Phi) is 6.90. The van der Waals surface area contributed by atoms with Crippen molar-refractivity contribution in [3.05, 3.63) is 29.8 Å². The van der Waals surface area contributed by atoms with E-state index in [1.54, 1.807) is 18.2 Å². The van der Waals surface area contributed by atoms with Crippen molar-refractivity contribution in [2.75, 3.05) is 18.4 Å². The molecule has 0 spiro atoms. The van der Waals surface area contributed by atoms with E-state index >= 15 is 0 Å². The van der Waals surface area contributed by atoms with Crippen LogP contribution in [0.3, 0.4) is 0 Å². The van der Waals surface area contributed by atoms with Crippen LogP contribution in [0.25, 0.3) is 0 Å². The molecule has 0 bridgehead atoms. The second kappa shape index (κ2) is 8.43. The molecule has 0 heterocycles. The molecule has 1 rings (SSSR count). The second-order valence-electron chi connectivity index (χ2n) is 5.94. The van der Waals surface area contributed by atoms with Gasteiger partial charge < -0.3 is 10.2 Å². The van der Waals surface area contributed by atoms with Crippen molar-refractivity contribution in [2.45, 2.75) is 40.2 Å². The standard InChI is InChI=1S/C17H25N3O/c1-13(2)12-20(14(3)4)10-9-17(21)19-16-8-6-5-7-15(16)11-18/h5-8,13-14H,9-10,12H2,1-4H3,(H,19,21). The van der Waals surface area contributed by atoms with Crippen molar-refractivity contribution in [3.63, 3.8) is 0 Å². The Labute approximate surface area is 127 Å². The Balaban J connectivity index is 2.55. The van der Waals surface area contributed by atoms with Gasteiger partial charge in [-0.1, -0.05) is 26.0 Å². The molecule has 1 amide bonds. The first kappa shape index (κ1) is 17.2. The summed E-state index contributed by atoms with van der Waals surface area (Å²) in [6.07, 6.45) is 0.435. The fourth-order valence-corrected chi connectivity index (χ4v) is 2.18. The van der Waals surface area contributed by atoms with E-state index in [4.69, 9.17) is 5.26 Å². The van der Waals surface area contributed by atoms with Crippen molar-refractivity contribution in [1.82, 2.24) is 4.90 Å². The van der Waals surface area contributed by atoms with Crippen molar-refractivity contribution in [2.24, 2.45) is 5.92 Å². The van der Waals surface area contributed by atoms with E-state index in [0.717, 1.165) is 13.1 Å². The Hall–Kier alpha value is -1.86. The lowest BCUT2D eigenvalue weighted by Gasteiger charge is -2.27. The molecule has 0 fully saturated rings.